The van der Waals surface area contributed by atoms with E-state index in [0.29, 0.717) is 17.9 Å². The van der Waals surface area contributed by atoms with Gasteiger partial charge < -0.3 is 15.2 Å². The number of rotatable bonds is 2. The molecule has 1 aromatic carbocycles. The number of ketones is 1. The molecule has 2 aliphatic rings. The number of nitrogens with two attached hydrogens (primary N) is 1. The Kier molecular flexibility index (Phi) is 4.13. The molecule has 0 bridgehead atoms. The monoisotopic (exact) mass is 333 g/mol. The summed E-state index contributed by atoms with van der Waals surface area (Å²) < 4.78 is 10.3. The molecule has 23 heavy (non-hydrogen) atoms. The van der Waals surface area contributed by atoms with Crippen LogP contribution >= 0.6 is 11.6 Å². The molecule has 1 aromatic rings. The summed E-state index contributed by atoms with van der Waals surface area (Å²) in [6.45, 7) is 0. The highest BCUT2D eigenvalue weighted by Gasteiger charge is 2.39. The molecule has 120 valence electrons. The lowest BCUT2D eigenvalue weighted by Crippen LogP contribution is -2.30. The van der Waals surface area contributed by atoms with E-state index in [1.54, 1.807) is 12.1 Å². The number of hydrogen-bond acceptors (Lipinski definition) is 5. The van der Waals surface area contributed by atoms with E-state index in [-0.39, 0.29) is 23.0 Å². The summed E-state index contributed by atoms with van der Waals surface area (Å²) in [4.78, 5) is 24.4. The van der Waals surface area contributed by atoms with Gasteiger partial charge in [-0.15, -0.1) is 0 Å². The van der Waals surface area contributed by atoms with E-state index >= 15 is 0 Å². The van der Waals surface area contributed by atoms with Crippen molar-refractivity contribution in [3.63, 3.8) is 0 Å². The highest BCUT2D eigenvalue weighted by molar-refractivity contribution is 6.30. The normalized spacial score (nSPS) is 21.0. The van der Waals surface area contributed by atoms with Gasteiger partial charge in [-0.05, 0) is 36.1 Å². The lowest BCUT2D eigenvalue weighted by atomic mass is 9.77. The third-order valence-electron chi connectivity index (χ3n) is 4.12. The van der Waals surface area contributed by atoms with Crippen molar-refractivity contribution in [2.45, 2.75) is 25.2 Å². The number of methoxy groups -OCH3 is 1. The van der Waals surface area contributed by atoms with Gasteiger partial charge in [0.15, 0.2) is 11.5 Å². The number of halogens is 1. The first-order chi connectivity index (χ1) is 11.0. The minimum Gasteiger partial charge on any atom is -0.465 e. The summed E-state index contributed by atoms with van der Waals surface area (Å²) in [6, 6.07) is 7.11. The Labute approximate surface area is 138 Å². The number of benzene rings is 1. The minimum absolute atomic E-state index is 0.0780. The number of Topliss-reactive ketones (excluding diaryl/α,β-unsaturated/α-hetero) is 1. The number of allylic oxidation sites excluding steroid dienone is 2. The predicted molar refractivity (Wildman–Crippen MR) is 84.4 cm³/mol. The van der Waals surface area contributed by atoms with Crippen LogP contribution in [0.2, 0.25) is 5.02 Å². The maximum Gasteiger partial charge on any atom is 0.340 e. The first kappa shape index (κ1) is 15.6. The fourth-order valence-electron chi connectivity index (χ4n) is 3.08. The molecule has 6 heteroatoms. The van der Waals surface area contributed by atoms with Gasteiger partial charge in [0.1, 0.15) is 5.57 Å². The number of carbonyl (C=O) groups excluding carboxylic acids is 2. The van der Waals surface area contributed by atoms with Gasteiger partial charge in [-0.1, -0.05) is 23.7 Å². The summed E-state index contributed by atoms with van der Waals surface area (Å²) in [6.07, 6.45) is 1.81. The topological polar surface area (TPSA) is 78.6 Å². The van der Waals surface area contributed by atoms with Crippen LogP contribution in [0.1, 0.15) is 30.7 Å². The van der Waals surface area contributed by atoms with Crippen molar-refractivity contribution in [3.05, 3.63) is 57.6 Å². The molecule has 3 rings (SSSR count). The van der Waals surface area contributed by atoms with Crippen molar-refractivity contribution < 1.29 is 19.1 Å². The quantitative estimate of drug-likeness (QED) is 0.842. The lowest BCUT2D eigenvalue weighted by Gasteiger charge is -2.32. The molecule has 1 aliphatic carbocycles. The maximum atomic E-state index is 12.2. The van der Waals surface area contributed by atoms with Gasteiger partial charge in [0, 0.05) is 17.4 Å². The van der Waals surface area contributed by atoms with E-state index in [4.69, 9.17) is 26.8 Å². The molecule has 1 unspecified atom stereocenters. The van der Waals surface area contributed by atoms with Gasteiger partial charge >= 0.3 is 5.97 Å². The molecule has 0 amide bonds. The fourth-order valence-corrected chi connectivity index (χ4v) is 3.20. The number of hydrogen-bond donors (Lipinski definition) is 1. The van der Waals surface area contributed by atoms with Crippen LogP contribution in [0.5, 0.6) is 0 Å². The Morgan fingerprint density at radius 1 is 1.30 bits per heavy atom. The van der Waals surface area contributed by atoms with Gasteiger partial charge in [0.2, 0.25) is 5.88 Å². The third kappa shape index (κ3) is 2.72. The van der Waals surface area contributed by atoms with Gasteiger partial charge in [-0.2, -0.15) is 0 Å². The zero-order valence-electron chi connectivity index (χ0n) is 12.6. The summed E-state index contributed by atoms with van der Waals surface area (Å²) in [5.74, 6) is -0.913. The van der Waals surface area contributed by atoms with Gasteiger partial charge in [-0.25, -0.2) is 4.79 Å². The van der Waals surface area contributed by atoms with Crippen LogP contribution in [0.15, 0.2) is 47.1 Å². The molecule has 2 N–H and O–H groups in total. The Morgan fingerprint density at radius 2 is 2.00 bits per heavy atom. The van der Waals surface area contributed by atoms with E-state index in [1.807, 2.05) is 12.1 Å². The van der Waals surface area contributed by atoms with Crippen LogP contribution in [-0.2, 0) is 19.1 Å². The zero-order chi connectivity index (χ0) is 16.6. The highest BCUT2D eigenvalue weighted by atomic mass is 35.5. The van der Waals surface area contributed by atoms with Crippen molar-refractivity contribution in [3.8, 4) is 0 Å². The lowest BCUT2D eigenvalue weighted by molar-refractivity contribution is -0.137. The molecule has 0 radical (unpaired) electrons. The SMILES string of the molecule is COC(=O)C1=C(N)OC2=C(CCCC2=O)C1c1ccc(Cl)cc1. The molecule has 0 spiro atoms. The summed E-state index contributed by atoms with van der Waals surface area (Å²) in [5.41, 5.74) is 7.75. The predicted octanol–water partition coefficient (Wildman–Crippen LogP) is 2.80. The van der Waals surface area contributed by atoms with E-state index in [2.05, 4.69) is 0 Å². The van der Waals surface area contributed by atoms with Gasteiger partial charge in [0.25, 0.3) is 0 Å². The van der Waals surface area contributed by atoms with Crippen molar-refractivity contribution in [1.29, 1.82) is 0 Å². The van der Waals surface area contributed by atoms with E-state index in [9.17, 15) is 9.59 Å². The number of esters is 1. The molecule has 5 nitrogen and oxygen atoms in total. The second-order valence-corrected chi connectivity index (χ2v) is 5.92. The van der Waals surface area contributed by atoms with Gasteiger partial charge in [0.05, 0.1) is 7.11 Å². The van der Waals surface area contributed by atoms with Crippen molar-refractivity contribution in [1.82, 2.24) is 0 Å². The molecule has 0 saturated heterocycles. The number of carbonyl (C=O) groups is 2. The molecule has 0 fully saturated rings. The minimum atomic E-state index is -0.563. The van der Waals surface area contributed by atoms with E-state index < -0.39 is 11.9 Å². The molecule has 0 aromatic heterocycles. The maximum absolute atomic E-state index is 12.2. The van der Waals surface area contributed by atoms with Crippen LogP contribution in [0.3, 0.4) is 0 Å². The standard InChI is InChI=1S/C17H16ClNO4/c1-22-17(21)14-13(9-5-7-10(18)8-6-9)11-3-2-4-12(20)15(11)23-16(14)19/h5-8,13H,2-4,19H2,1H3. The fraction of sp³-hybridized carbons (Fsp3) is 0.294. The Morgan fingerprint density at radius 3 is 2.65 bits per heavy atom. The summed E-state index contributed by atoms with van der Waals surface area (Å²) >= 11 is 5.95. The molecule has 1 heterocycles. The second kappa shape index (κ2) is 6.08. The average molecular weight is 334 g/mol. The smallest absolute Gasteiger partial charge is 0.340 e. The van der Waals surface area contributed by atoms with E-state index in [0.717, 1.165) is 17.6 Å². The third-order valence-corrected chi connectivity index (χ3v) is 4.37. The first-order valence-corrected chi connectivity index (χ1v) is 7.68. The molecular weight excluding hydrogens is 318 g/mol. The highest BCUT2D eigenvalue weighted by Crippen LogP contribution is 2.44. The van der Waals surface area contributed by atoms with Gasteiger partial charge in [-0.3, -0.25) is 4.79 Å². The number of ether oxygens (including phenoxy) is 2. The summed E-state index contributed by atoms with van der Waals surface area (Å²) in [7, 11) is 1.29. The molecule has 1 aliphatic heterocycles. The molecular formula is C17H16ClNO4. The Bertz CT molecular complexity index is 733. The van der Waals surface area contributed by atoms with Crippen LogP contribution in [0, 0.1) is 0 Å². The Balaban J connectivity index is 2.17. The van der Waals surface area contributed by atoms with Crippen molar-refractivity contribution in [2.75, 3.05) is 7.11 Å². The van der Waals surface area contributed by atoms with Crippen LogP contribution in [0.25, 0.3) is 0 Å². The zero-order valence-corrected chi connectivity index (χ0v) is 13.4. The van der Waals surface area contributed by atoms with E-state index in [1.165, 1.54) is 7.11 Å². The van der Waals surface area contributed by atoms with Crippen molar-refractivity contribution in [2.24, 2.45) is 5.73 Å². The second-order valence-electron chi connectivity index (χ2n) is 5.49. The Hall–Kier alpha value is -2.27. The molecule has 0 saturated carbocycles. The van der Waals surface area contributed by atoms with Crippen LogP contribution in [-0.4, -0.2) is 18.9 Å². The largest absolute Gasteiger partial charge is 0.465 e. The first-order valence-electron chi connectivity index (χ1n) is 7.30. The van der Waals surface area contributed by atoms with Crippen LogP contribution in [0.4, 0.5) is 0 Å². The van der Waals surface area contributed by atoms with Crippen molar-refractivity contribution >= 4 is 23.4 Å². The average Bonchev–Trinajstić information content (AvgIpc) is 2.55. The summed E-state index contributed by atoms with van der Waals surface area (Å²) in [5, 5.41) is 0.589. The molecule has 1 atom stereocenters. The van der Waals surface area contributed by atoms with Crippen LogP contribution < -0.4 is 5.73 Å².